The van der Waals surface area contributed by atoms with E-state index in [2.05, 4.69) is 31.7 Å². The number of carbonyl (C=O) groups is 1. The molecule has 2 aromatic carbocycles. The summed E-state index contributed by atoms with van der Waals surface area (Å²) >= 11 is 15.3. The predicted octanol–water partition coefficient (Wildman–Crippen LogP) is 6.87. The largest absolute Gasteiger partial charge is 0.410 e. The number of nitrogens with one attached hydrogen (secondary N) is 2. The minimum Gasteiger partial charge on any atom is -0.363 e. The molecule has 0 radical (unpaired) electrons. The number of fused-ring (bicyclic) bond motifs is 1. The van der Waals surface area contributed by atoms with E-state index in [1.165, 1.54) is 18.2 Å². The Kier molecular flexibility index (Phi) is 5.93. The van der Waals surface area contributed by atoms with Crippen molar-refractivity contribution in [3.05, 3.63) is 74.3 Å². The first kappa shape index (κ1) is 22.0. The number of anilines is 2. The Balaban J connectivity index is 1.65. The van der Waals surface area contributed by atoms with Crippen molar-refractivity contribution < 1.29 is 18.0 Å². The fourth-order valence-corrected chi connectivity index (χ4v) is 3.98. The maximum Gasteiger partial charge on any atom is 0.410 e. The lowest BCUT2D eigenvalue weighted by molar-refractivity contribution is -0.173. The zero-order valence-electron chi connectivity index (χ0n) is 15.6. The maximum absolute atomic E-state index is 13.8. The lowest BCUT2D eigenvalue weighted by Crippen LogP contribution is -2.35. The van der Waals surface area contributed by atoms with Crippen LogP contribution in [0.1, 0.15) is 34.6 Å². The molecule has 0 saturated heterocycles. The van der Waals surface area contributed by atoms with Gasteiger partial charge in [-0.3, -0.25) is 4.79 Å². The fourth-order valence-electron chi connectivity index (χ4n) is 3.38. The van der Waals surface area contributed by atoms with Crippen LogP contribution in [0.3, 0.4) is 0 Å². The highest BCUT2D eigenvalue weighted by Gasteiger charge is 2.46. The van der Waals surface area contributed by atoms with Crippen molar-refractivity contribution in [3.63, 3.8) is 0 Å². The highest BCUT2D eigenvalue weighted by atomic mass is 79.9. The summed E-state index contributed by atoms with van der Waals surface area (Å²) in [6, 6.07) is 10.3. The summed E-state index contributed by atoms with van der Waals surface area (Å²) in [6.07, 6.45) is -4.80. The number of alkyl halides is 3. The first-order chi connectivity index (χ1) is 14.6. The third-order valence-corrected chi connectivity index (χ3v) is 5.96. The molecule has 1 aromatic heterocycles. The van der Waals surface area contributed by atoms with Gasteiger partial charge in [-0.1, -0.05) is 51.3 Å². The van der Waals surface area contributed by atoms with E-state index in [4.69, 9.17) is 23.2 Å². The molecule has 3 aromatic rings. The molecule has 0 unspecified atom stereocenters. The van der Waals surface area contributed by atoms with Gasteiger partial charge in [0.05, 0.1) is 16.8 Å². The second-order valence-electron chi connectivity index (χ2n) is 6.98. The first-order valence-corrected chi connectivity index (χ1v) is 10.6. The molecule has 1 aliphatic rings. The fraction of sp³-hybridized carbons (Fsp3) is 0.200. The quantitative estimate of drug-likeness (QED) is 0.386. The predicted molar refractivity (Wildman–Crippen MR) is 117 cm³/mol. The molecule has 2 atom stereocenters. The minimum atomic E-state index is -4.54. The van der Waals surface area contributed by atoms with Gasteiger partial charge in [-0.15, -0.1) is 0 Å². The van der Waals surface area contributed by atoms with Crippen LogP contribution in [-0.4, -0.2) is 21.9 Å². The van der Waals surface area contributed by atoms with Gasteiger partial charge in [-0.05, 0) is 35.9 Å². The lowest BCUT2D eigenvalue weighted by atomic mass is 9.97. The van der Waals surface area contributed by atoms with Gasteiger partial charge in [0.25, 0.3) is 5.91 Å². The maximum atomic E-state index is 13.8. The van der Waals surface area contributed by atoms with Crippen molar-refractivity contribution in [1.82, 2.24) is 9.78 Å². The van der Waals surface area contributed by atoms with Crippen LogP contribution in [0.4, 0.5) is 24.7 Å². The van der Waals surface area contributed by atoms with Crippen LogP contribution in [0, 0.1) is 0 Å². The van der Waals surface area contributed by atoms with Gasteiger partial charge in [0.1, 0.15) is 5.82 Å². The van der Waals surface area contributed by atoms with Crippen molar-refractivity contribution in [2.45, 2.75) is 24.7 Å². The molecular weight excluding hydrogens is 520 g/mol. The lowest BCUT2D eigenvalue weighted by Gasteiger charge is -2.33. The van der Waals surface area contributed by atoms with E-state index in [-0.39, 0.29) is 28.6 Å². The van der Waals surface area contributed by atoms with E-state index in [9.17, 15) is 18.0 Å². The zero-order valence-corrected chi connectivity index (χ0v) is 18.6. The van der Waals surface area contributed by atoms with Crippen LogP contribution in [0.5, 0.6) is 0 Å². The minimum absolute atomic E-state index is 0.101. The molecule has 1 aliphatic heterocycles. The number of aromatic nitrogens is 2. The van der Waals surface area contributed by atoms with Crippen LogP contribution >= 0.6 is 39.1 Å². The molecule has 2 N–H and O–H groups in total. The Bertz CT molecular complexity index is 1130. The van der Waals surface area contributed by atoms with Gasteiger partial charge in [0.15, 0.2) is 11.7 Å². The Hall–Kier alpha value is -2.23. The van der Waals surface area contributed by atoms with Crippen LogP contribution in [0.2, 0.25) is 10.0 Å². The van der Waals surface area contributed by atoms with Crippen molar-refractivity contribution >= 4 is 56.5 Å². The summed E-state index contributed by atoms with van der Waals surface area (Å²) in [5, 5.41) is 10.1. The molecule has 5 nitrogen and oxygen atoms in total. The van der Waals surface area contributed by atoms with E-state index >= 15 is 0 Å². The molecule has 0 aliphatic carbocycles. The molecule has 4 rings (SSSR count). The molecule has 0 fully saturated rings. The van der Waals surface area contributed by atoms with E-state index in [0.717, 1.165) is 9.15 Å². The van der Waals surface area contributed by atoms with Crippen molar-refractivity contribution in [3.8, 4) is 0 Å². The number of amides is 1. The Morgan fingerprint density at radius 1 is 1.16 bits per heavy atom. The van der Waals surface area contributed by atoms with Gasteiger partial charge >= 0.3 is 6.18 Å². The monoisotopic (exact) mass is 532 g/mol. The summed E-state index contributed by atoms with van der Waals surface area (Å²) < 4.78 is 43.0. The molecule has 0 spiro atoms. The van der Waals surface area contributed by atoms with Gasteiger partial charge < -0.3 is 10.6 Å². The molecule has 11 heteroatoms. The Morgan fingerprint density at radius 3 is 2.55 bits per heavy atom. The second-order valence-corrected chi connectivity index (χ2v) is 8.74. The number of halogens is 6. The molecule has 2 heterocycles. The highest BCUT2D eigenvalue weighted by Crippen LogP contribution is 2.43. The smallest absolute Gasteiger partial charge is 0.363 e. The normalized spacial score (nSPS) is 18.3. The van der Waals surface area contributed by atoms with E-state index in [0.29, 0.717) is 10.6 Å². The summed E-state index contributed by atoms with van der Waals surface area (Å²) in [6.45, 7) is 0. The van der Waals surface area contributed by atoms with Crippen LogP contribution < -0.4 is 10.6 Å². The van der Waals surface area contributed by atoms with E-state index in [1.54, 1.807) is 30.3 Å². The average Bonchev–Trinajstić information content (AvgIpc) is 3.14. The standard InChI is InChI=1S/C20H14BrCl2F3N4O/c21-11-3-1-10(2-4-11)14-8-17(20(24,25)26)30-18(27-14)9-16(29-30)19(31)28-15-7-12(22)5-6-13(15)23/h1-7,9,14,17,27H,8H2,(H,28,31)/t14-,17-/m0/s1. The van der Waals surface area contributed by atoms with Crippen LogP contribution in [0.25, 0.3) is 0 Å². The van der Waals surface area contributed by atoms with Crippen molar-refractivity contribution in [1.29, 1.82) is 0 Å². The number of carbonyl (C=O) groups excluding carboxylic acids is 1. The number of rotatable bonds is 3. The summed E-state index contributed by atoms with van der Waals surface area (Å²) in [5.74, 6) is -0.599. The van der Waals surface area contributed by atoms with Gasteiger partial charge in [0.2, 0.25) is 0 Å². The topological polar surface area (TPSA) is 59.0 Å². The summed E-state index contributed by atoms with van der Waals surface area (Å²) in [7, 11) is 0. The highest BCUT2D eigenvalue weighted by molar-refractivity contribution is 9.10. The summed E-state index contributed by atoms with van der Waals surface area (Å²) in [4.78, 5) is 12.6. The number of benzene rings is 2. The Labute approximate surface area is 193 Å². The second kappa shape index (κ2) is 8.37. The number of nitrogens with zero attached hydrogens (tertiary/aromatic N) is 2. The van der Waals surface area contributed by atoms with E-state index in [1.807, 2.05) is 0 Å². The van der Waals surface area contributed by atoms with E-state index < -0.39 is 24.2 Å². The van der Waals surface area contributed by atoms with Gasteiger partial charge in [-0.2, -0.15) is 18.3 Å². The Morgan fingerprint density at radius 2 is 1.87 bits per heavy atom. The number of hydrogen-bond acceptors (Lipinski definition) is 3. The third-order valence-electron chi connectivity index (χ3n) is 4.87. The molecule has 0 bridgehead atoms. The molecule has 1 amide bonds. The molecular formula is C20H14BrCl2F3N4O. The van der Waals surface area contributed by atoms with Crippen molar-refractivity contribution in [2.75, 3.05) is 10.6 Å². The number of hydrogen-bond donors (Lipinski definition) is 2. The molecule has 162 valence electrons. The average molecular weight is 534 g/mol. The molecule has 31 heavy (non-hydrogen) atoms. The van der Waals surface area contributed by atoms with Gasteiger partial charge in [-0.25, -0.2) is 4.68 Å². The van der Waals surface area contributed by atoms with Crippen LogP contribution in [0.15, 0.2) is 53.0 Å². The third kappa shape index (κ3) is 4.68. The first-order valence-electron chi connectivity index (χ1n) is 9.06. The van der Waals surface area contributed by atoms with Gasteiger partial charge in [0, 0.05) is 22.0 Å². The SMILES string of the molecule is O=C(Nc1cc(Cl)ccc1Cl)c1cc2n(n1)[C@H](C(F)(F)F)C[C@@H](c1ccc(Br)cc1)N2. The summed E-state index contributed by atoms with van der Waals surface area (Å²) in [5.41, 5.74) is 0.754. The molecule has 0 saturated carbocycles. The van der Waals surface area contributed by atoms with Crippen LogP contribution in [-0.2, 0) is 0 Å². The zero-order chi connectivity index (χ0) is 22.3. The van der Waals surface area contributed by atoms with Crippen molar-refractivity contribution in [2.24, 2.45) is 0 Å².